The predicted octanol–water partition coefficient (Wildman–Crippen LogP) is 1.10. The van der Waals surface area contributed by atoms with Crippen LogP contribution in [0.15, 0.2) is 26.3 Å². The van der Waals surface area contributed by atoms with Crippen LogP contribution in [0.2, 0.25) is 0 Å². The van der Waals surface area contributed by atoms with Crippen molar-refractivity contribution >= 4 is 43.0 Å². The first-order valence-electron chi connectivity index (χ1n) is 6.39. The molecular formula is C12H14BrN3O5S. The molecule has 3 N–H and O–H groups in total. The van der Waals surface area contributed by atoms with Gasteiger partial charge in [0.1, 0.15) is 6.54 Å². The number of nitrogens with zero attached hydrogens (tertiary/aromatic N) is 1. The minimum atomic E-state index is -4.00. The molecule has 120 valence electrons. The first-order valence-corrected chi connectivity index (χ1v) is 8.62. The van der Waals surface area contributed by atoms with E-state index in [1.54, 1.807) is 6.92 Å². The van der Waals surface area contributed by atoms with Gasteiger partial charge in [0, 0.05) is 11.0 Å². The number of H-pyrrole nitrogens is 2. The molecule has 0 aliphatic rings. The number of aromatic nitrogens is 2. The van der Waals surface area contributed by atoms with Crippen LogP contribution in [0.25, 0.3) is 11.0 Å². The van der Waals surface area contributed by atoms with Gasteiger partial charge in [0.25, 0.3) is 0 Å². The maximum absolute atomic E-state index is 12.7. The summed E-state index contributed by atoms with van der Waals surface area (Å²) in [4.78, 5) is 27.1. The van der Waals surface area contributed by atoms with Crippen molar-refractivity contribution in [2.45, 2.75) is 18.2 Å². The third-order valence-electron chi connectivity index (χ3n) is 2.97. The van der Waals surface area contributed by atoms with Crippen molar-refractivity contribution in [1.82, 2.24) is 14.3 Å². The molecule has 1 heterocycles. The van der Waals surface area contributed by atoms with E-state index in [1.165, 1.54) is 12.1 Å². The van der Waals surface area contributed by atoms with Crippen molar-refractivity contribution in [2.75, 3.05) is 13.1 Å². The SMILES string of the molecule is CCCN(CC(=O)O)S(=O)(=O)c1cc2[nH]c(=O)[nH]c2cc1Br. The third-order valence-corrected chi connectivity index (χ3v) is 5.77. The maximum atomic E-state index is 12.7. The van der Waals surface area contributed by atoms with E-state index in [-0.39, 0.29) is 15.9 Å². The molecule has 22 heavy (non-hydrogen) atoms. The smallest absolute Gasteiger partial charge is 0.323 e. The molecule has 1 aromatic carbocycles. The van der Waals surface area contributed by atoms with Gasteiger partial charge in [0.15, 0.2) is 0 Å². The van der Waals surface area contributed by atoms with Gasteiger partial charge in [-0.15, -0.1) is 0 Å². The lowest BCUT2D eigenvalue weighted by atomic mass is 10.3. The van der Waals surface area contributed by atoms with E-state index in [2.05, 4.69) is 25.9 Å². The largest absolute Gasteiger partial charge is 0.480 e. The first kappa shape index (κ1) is 16.7. The van der Waals surface area contributed by atoms with Crippen molar-refractivity contribution in [3.63, 3.8) is 0 Å². The highest BCUT2D eigenvalue weighted by Crippen LogP contribution is 2.28. The van der Waals surface area contributed by atoms with E-state index in [0.29, 0.717) is 17.5 Å². The number of fused-ring (bicyclic) bond motifs is 1. The summed E-state index contributed by atoms with van der Waals surface area (Å²) in [5.41, 5.74) is 0.335. The van der Waals surface area contributed by atoms with Gasteiger partial charge in [-0.1, -0.05) is 6.92 Å². The quantitative estimate of drug-likeness (QED) is 0.680. The van der Waals surface area contributed by atoms with Gasteiger partial charge >= 0.3 is 11.7 Å². The molecule has 0 aliphatic carbocycles. The zero-order valence-electron chi connectivity index (χ0n) is 11.6. The van der Waals surface area contributed by atoms with Gasteiger partial charge in [-0.05, 0) is 34.5 Å². The molecular weight excluding hydrogens is 378 g/mol. The monoisotopic (exact) mass is 391 g/mol. The van der Waals surface area contributed by atoms with Gasteiger partial charge < -0.3 is 15.1 Å². The maximum Gasteiger partial charge on any atom is 0.323 e. The van der Waals surface area contributed by atoms with Crippen LogP contribution in [0.1, 0.15) is 13.3 Å². The minimum Gasteiger partial charge on any atom is -0.480 e. The number of aromatic amines is 2. The predicted molar refractivity (Wildman–Crippen MR) is 83.3 cm³/mol. The molecule has 0 bridgehead atoms. The molecule has 0 saturated carbocycles. The van der Waals surface area contributed by atoms with Crippen LogP contribution in [0.3, 0.4) is 0 Å². The average Bonchev–Trinajstić information content (AvgIpc) is 2.75. The molecule has 10 heteroatoms. The van der Waals surface area contributed by atoms with Gasteiger partial charge in [-0.2, -0.15) is 4.31 Å². The number of benzene rings is 1. The lowest BCUT2D eigenvalue weighted by molar-refractivity contribution is -0.137. The zero-order valence-corrected chi connectivity index (χ0v) is 14.0. The van der Waals surface area contributed by atoms with Crippen LogP contribution in [-0.4, -0.2) is 46.9 Å². The molecule has 2 rings (SSSR count). The van der Waals surface area contributed by atoms with Gasteiger partial charge in [0.2, 0.25) is 10.0 Å². The Bertz CT molecular complexity index is 871. The molecule has 0 atom stereocenters. The molecule has 0 unspecified atom stereocenters. The molecule has 8 nitrogen and oxygen atoms in total. The number of halogens is 1. The number of hydrogen-bond donors (Lipinski definition) is 3. The van der Waals surface area contributed by atoms with Crippen LogP contribution in [0.4, 0.5) is 0 Å². The van der Waals surface area contributed by atoms with E-state index in [1.807, 2.05) is 0 Å². The van der Waals surface area contributed by atoms with Crippen molar-refractivity contribution in [3.05, 3.63) is 27.1 Å². The Morgan fingerprint density at radius 3 is 2.45 bits per heavy atom. The molecule has 0 amide bonds. The number of sulfonamides is 1. The first-order chi connectivity index (χ1) is 10.3. The second-order valence-corrected chi connectivity index (χ2v) is 7.40. The van der Waals surface area contributed by atoms with Crippen LogP contribution < -0.4 is 5.69 Å². The van der Waals surface area contributed by atoms with Crippen LogP contribution >= 0.6 is 15.9 Å². The Kier molecular flexibility index (Phi) is 4.73. The van der Waals surface area contributed by atoms with E-state index in [0.717, 1.165) is 4.31 Å². The summed E-state index contributed by atoms with van der Waals surface area (Å²) in [6.07, 6.45) is 0.480. The van der Waals surface area contributed by atoms with Crippen molar-refractivity contribution in [3.8, 4) is 0 Å². The summed E-state index contributed by atoms with van der Waals surface area (Å²) in [6.45, 7) is 1.22. The van der Waals surface area contributed by atoms with Crippen molar-refractivity contribution in [1.29, 1.82) is 0 Å². The van der Waals surface area contributed by atoms with Crippen LogP contribution in [0, 0.1) is 0 Å². The van der Waals surface area contributed by atoms with Gasteiger partial charge in [0.05, 0.1) is 15.9 Å². The highest BCUT2D eigenvalue weighted by molar-refractivity contribution is 9.10. The van der Waals surface area contributed by atoms with E-state index >= 15 is 0 Å². The average molecular weight is 392 g/mol. The fourth-order valence-corrected chi connectivity index (χ4v) is 4.57. The number of aliphatic carboxylic acids is 1. The topological polar surface area (TPSA) is 123 Å². The molecule has 0 saturated heterocycles. The van der Waals surface area contributed by atoms with E-state index in [9.17, 15) is 18.0 Å². The summed E-state index contributed by atoms with van der Waals surface area (Å²) >= 11 is 3.16. The zero-order chi connectivity index (χ0) is 16.5. The standard InChI is InChI=1S/C12H14BrN3O5S/c1-2-3-16(6-11(17)18)22(20,21)10-5-9-8(4-7(10)13)14-12(19)15-9/h4-5H,2-3,6H2,1H3,(H,17,18)(H2,14,15,19). The lowest BCUT2D eigenvalue weighted by Crippen LogP contribution is -2.36. The Labute approximate surface area is 134 Å². The highest BCUT2D eigenvalue weighted by Gasteiger charge is 2.28. The minimum absolute atomic E-state index is 0.0861. The summed E-state index contributed by atoms with van der Waals surface area (Å²) in [5, 5.41) is 8.89. The molecule has 0 aliphatic heterocycles. The number of carboxylic acid groups (broad SMARTS) is 1. The second kappa shape index (κ2) is 6.23. The number of carbonyl (C=O) groups is 1. The van der Waals surface area contributed by atoms with Gasteiger partial charge in [-0.25, -0.2) is 13.2 Å². The Balaban J connectivity index is 2.57. The molecule has 0 radical (unpaired) electrons. The van der Waals surface area contributed by atoms with Crippen molar-refractivity contribution in [2.24, 2.45) is 0 Å². The van der Waals surface area contributed by atoms with Crippen molar-refractivity contribution < 1.29 is 18.3 Å². The van der Waals surface area contributed by atoms with E-state index < -0.39 is 28.2 Å². The normalized spacial score (nSPS) is 12.1. The van der Waals surface area contributed by atoms with Crippen LogP contribution in [-0.2, 0) is 14.8 Å². The summed E-state index contributed by atoms with van der Waals surface area (Å²) in [5.74, 6) is -1.23. The second-order valence-electron chi connectivity index (χ2n) is 4.64. The molecule has 1 aromatic heterocycles. The Morgan fingerprint density at radius 2 is 1.91 bits per heavy atom. The number of hydrogen-bond acceptors (Lipinski definition) is 4. The summed E-state index contributed by atoms with van der Waals surface area (Å²) < 4.78 is 26.5. The van der Waals surface area contributed by atoms with Gasteiger partial charge in [-0.3, -0.25) is 4.79 Å². The molecule has 0 spiro atoms. The fraction of sp³-hybridized carbons (Fsp3) is 0.333. The lowest BCUT2D eigenvalue weighted by Gasteiger charge is -2.20. The van der Waals surface area contributed by atoms with Crippen LogP contribution in [0.5, 0.6) is 0 Å². The Hall–Kier alpha value is -1.65. The Morgan fingerprint density at radius 1 is 1.32 bits per heavy atom. The third kappa shape index (κ3) is 3.23. The fourth-order valence-electron chi connectivity index (χ4n) is 2.06. The number of imidazole rings is 1. The number of rotatable bonds is 6. The molecule has 2 aromatic rings. The highest BCUT2D eigenvalue weighted by atomic mass is 79.9. The number of nitrogens with one attached hydrogen (secondary N) is 2. The number of carboxylic acids is 1. The summed E-state index contributed by atoms with van der Waals surface area (Å²) in [6, 6.07) is 2.77. The summed E-state index contributed by atoms with van der Waals surface area (Å²) in [7, 11) is -4.00. The van der Waals surface area contributed by atoms with E-state index in [4.69, 9.17) is 5.11 Å². The molecule has 0 fully saturated rings.